The summed E-state index contributed by atoms with van der Waals surface area (Å²) in [6.45, 7) is 8.43. The van der Waals surface area contributed by atoms with Crippen LogP contribution in [0.25, 0.3) is 0 Å². The van der Waals surface area contributed by atoms with Gasteiger partial charge in [0.2, 0.25) is 0 Å². The van der Waals surface area contributed by atoms with Crippen molar-refractivity contribution in [1.82, 2.24) is 0 Å². The molecule has 0 aliphatic carbocycles. The van der Waals surface area contributed by atoms with Gasteiger partial charge >= 0.3 is 0 Å². The van der Waals surface area contributed by atoms with Crippen LogP contribution in [0.5, 0.6) is 0 Å². The van der Waals surface area contributed by atoms with Gasteiger partial charge in [-0.3, -0.25) is 0 Å². The van der Waals surface area contributed by atoms with E-state index in [-0.39, 0.29) is 12.0 Å². The molecule has 0 saturated carbocycles. The van der Waals surface area contributed by atoms with Crippen LogP contribution in [-0.4, -0.2) is 43.0 Å². The van der Waals surface area contributed by atoms with Crippen LogP contribution in [0.2, 0.25) is 0 Å². The first-order chi connectivity index (χ1) is 10.1. The van der Waals surface area contributed by atoms with Crippen LogP contribution in [0.3, 0.4) is 0 Å². The molecule has 0 aromatic heterocycles. The molecule has 0 rings (SSSR count). The number of unbranched alkanes of at least 4 members (excludes halogenated alkanes) is 5. The fraction of sp³-hybridized carbons (Fsp3) is 1.00. The van der Waals surface area contributed by atoms with E-state index in [2.05, 4.69) is 13.8 Å². The van der Waals surface area contributed by atoms with Crippen molar-refractivity contribution in [2.75, 3.05) is 25.7 Å². The molecule has 0 aliphatic rings. The molecule has 0 aromatic rings. The van der Waals surface area contributed by atoms with Crippen molar-refractivity contribution in [2.45, 2.75) is 77.9 Å². The zero-order valence-electron chi connectivity index (χ0n) is 14.2. The van der Waals surface area contributed by atoms with Crippen molar-refractivity contribution in [3.8, 4) is 0 Å². The molecule has 3 unspecified atom stereocenters. The second kappa shape index (κ2) is 15.1. The van der Waals surface area contributed by atoms with Crippen molar-refractivity contribution < 1.29 is 14.6 Å². The van der Waals surface area contributed by atoms with Gasteiger partial charge in [-0.25, -0.2) is 0 Å². The molecule has 0 radical (unpaired) electrons. The Hall–Kier alpha value is 0.170. The molecule has 128 valence electrons. The molecule has 0 heterocycles. The van der Waals surface area contributed by atoms with E-state index in [9.17, 15) is 5.11 Å². The van der Waals surface area contributed by atoms with Crippen LogP contribution in [0.15, 0.2) is 0 Å². The van der Waals surface area contributed by atoms with Gasteiger partial charge in [0, 0.05) is 13.2 Å². The summed E-state index contributed by atoms with van der Waals surface area (Å²) in [7, 11) is 0. The molecule has 0 amide bonds. The molecule has 0 spiro atoms. The van der Waals surface area contributed by atoms with E-state index in [1.807, 2.05) is 6.92 Å². The van der Waals surface area contributed by atoms with Gasteiger partial charge in [0.15, 0.2) is 0 Å². The smallest absolute Gasteiger partial charge is 0.0908 e. The van der Waals surface area contributed by atoms with E-state index in [0.717, 1.165) is 19.6 Å². The average molecular weight is 323 g/mol. The van der Waals surface area contributed by atoms with Gasteiger partial charge < -0.3 is 14.6 Å². The minimum absolute atomic E-state index is 0.135. The second-order valence-corrected chi connectivity index (χ2v) is 6.44. The zero-order valence-corrected chi connectivity index (χ0v) is 14.9. The fourth-order valence-electron chi connectivity index (χ4n) is 2.29. The summed E-state index contributed by atoms with van der Waals surface area (Å²) in [4.78, 5) is 0. The second-order valence-electron chi connectivity index (χ2n) is 6.14. The Morgan fingerprint density at radius 2 is 1.67 bits per heavy atom. The number of aliphatic hydroxyl groups excluding tert-OH is 1. The highest BCUT2D eigenvalue weighted by Crippen LogP contribution is 2.11. The Morgan fingerprint density at radius 3 is 2.33 bits per heavy atom. The van der Waals surface area contributed by atoms with Gasteiger partial charge in [0.25, 0.3) is 0 Å². The lowest BCUT2D eigenvalue weighted by molar-refractivity contribution is -0.00976. The SMILES string of the molecule is CCCCCCCCOCC(C)CC(C)OCC(O)CCl. The Morgan fingerprint density at radius 1 is 1.00 bits per heavy atom. The van der Waals surface area contributed by atoms with Gasteiger partial charge in [-0.1, -0.05) is 46.0 Å². The highest BCUT2D eigenvalue weighted by molar-refractivity contribution is 6.18. The minimum Gasteiger partial charge on any atom is -0.389 e. The maximum Gasteiger partial charge on any atom is 0.0908 e. The molecule has 21 heavy (non-hydrogen) atoms. The standard InChI is InChI=1S/C17H35ClO3/c1-4-5-6-7-8-9-10-20-13-15(2)11-16(3)21-14-17(19)12-18/h15-17,19H,4-14H2,1-3H3. The average Bonchev–Trinajstić information content (AvgIpc) is 2.47. The molecular formula is C17H35ClO3. The van der Waals surface area contributed by atoms with Crippen molar-refractivity contribution in [3.05, 3.63) is 0 Å². The van der Waals surface area contributed by atoms with E-state index in [1.54, 1.807) is 0 Å². The molecule has 0 bridgehead atoms. The normalized spacial score (nSPS) is 15.9. The zero-order chi connectivity index (χ0) is 15.9. The van der Waals surface area contributed by atoms with Gasteiger partial charge in [0.1, 0.15) is 0 Å². The molecule has 0 aliphatic heterocycles. The summed E-state index contributed by atoms with van der Waals surface area (Å²) in [5.74, 6) is 0.706. The third-order valence-corrected chi connectivity index (χ3v) is 3.89. The lowest BCUT2D eigenvalue weighted by Gasteiger charge is -2.19. The van der Waals surface area contributed by atoms with E-state index >= 15 is 0 Å². The molecule has 0 aromatic carbocycles. The Bertz CT molecular complexity index is 214. The van der Waals surface area contributed by atoms with Crippen molar-refractivity contribution in [3.63, 3.8) is 0 Å². The summed E-state index contributed by atoms with van der Waals surface area (Å²) in [5, 5.41) is 9.34. The third-order valence-electron chi connectivity index (χ3n) is 3.53. The van der Waals surface area contributed by atoms with Crippen molar-refractivity contribution in [1.29, 1.82) is 0 Å². The first-order valence-corrected chi connectivity index (χ1v) is 9.06. The summed E-state index contributed by atoms with van der Waals surface area (Å²) in [5.41, 5.74) is 0. The van der Waals surface area contributed by atoms with Crippen LogP contribution in [0, 0.1) is 5.92 Å². The summed E-state index contributed by atoms with van der Waals surface area (Å²) < 4.78 is 11.3. The van der Waals surface area contributed by atoms with Crippen LogP contribution in [0.4, 0.5) is 0 Å². The van der Waals surface area contributed by atoms with Gasteiger partial charge in [-0.2, -0.15) is 0 Å². The molecule has 4 heteroatoms. The topological polar surface area (TPSA) is 38.7 Å². The van der Waals surface area contributed by atoms with Crippen molar-refractivity contribution >= 4 is 11.6 Å². The van der Waals surface area contributed by atoms with E-state index < -0.39 is 6.10 Å². The third kappa shape index (κ3) is 14.9. The highest BCUT2D eigenvalue weighted by atomic mass is 35.5. The molecule has 3 nitrogen and oxygen atoms in total. The molecule has 1 N–H and O–H groups in total. The van der Waals surface area contributed by atoms with Gasteiger partial charge in [-0.15, -0.1) is 11.6 Å². The van der Waals surface area contributed by atoms with Crippen LogP contribution in [0.1, 0.15) is 65.7 Å². The van der Waals surface area contributed by atoms with Gasteiger partial charge in [0.05, 0.1) is 24.7 Å². The van der Waals surface area contributed by atoms with Crippen LogP contribution < -0.4 is 0 Å². The Labute approximate surface area is 136 Å². The number of aliphatic hydroxyl groups is 1. The number of hydrogen-bond acceptors (Lipinski definition) is 3. The van der Waals surface area contributed by atoms with Crippen molar-refractivity contribution in [2.24, 2.45) is 5.92 Å². The lowest BCUT2D eigenvalue weighted by atomic mass is 10.1. The predicted octanol–water partition coefficient (Wildman–Crippen LogP) is 4.39. The largest absolute Gasteiger partial charge is 0.389 e. The summed E-state index contributed by atoms with van der Waals surface area (Å²) in [6, 6.07) is 0. The minimum atomic E-state index is -0.562. The summed E-state index contributed by atoms with van der Waals surface area (Å²) >= 11 is 5.53. The summed E-state index contributed by atoms with van der Waals surface area (Å²) in [6.07, 6.45) is 8.32. The van der Waals surface area contributed by atoms with E-state index in [0.29, 0.717) is 12.5 Å². The number of halogens is 1. The van der Waals surface area contributed by atoms with E-state index in [4.69, 9.17) is 21.1 Å². The molecule has 0 saturated heterocycles. The Kier molecular flexibility index (Phi) is 15.2. The fourth-order valence-corrected chi connectivity index (χ4v) is 2.38. The number of rotatable bonds is 15. The monoisotopic (exact) mass is 322 g/mol. The van der Waals surface area contributed by atoms with Gasteiger partial charge in [-0.05, 0) is 25.7 Å². The van der Waals surface area contributed by atoms with Crippen LogP contribution >= 0.6 is 11.6 Å². The number of alkyl halides is 1. The first-order valence-electron chi connectivity index (χ1n) is 8.53. The molecule has 0 fully saturated rings. The maximum absolute atomic E-state index is 9.34. The molecule has 3 atom stereocenters. The van der Waals surface area contributed by atoms with E-state index in [1.165, 1.54) is 38.5 Å². The number of hydrogen-bond donors (Lipinski definition) is 1. The number of ether oxygens (including phenoxy) is 2. The predicted molar refractivity (Wildman–Crippen MR) is 90.1 cm³/mol. The van der Waals surface area contributed by atoms with Crippen LogP contribution in [-0.2, 0) is 9.47 Å². The quantitative estimate of drug-likeness (QED) is 0.359. The lowest BCUT2D eigenvalue weighted by Crippen LogP contribution is -2.23. The first kappa shape index (κ1) is 21.2. The Balaban J connectivity index is 3.38. The highest BCUT2D eigenvalue weighted by Gasteiger charge is 2.11. The molecular weight excluding hydrogens is 288 g/mol. The maximum atomic E-state index is 9.34.